The summed E-state index contributed by atoms with van der Waals surface area (Å²) in [5, 5.41) is 13.7. The number of anilines is 1. The zero-order valence-electron chi connectivity index (χ0n) is 18.9. The van der Waals surface area contributed by atoms with Gasteiger partial charge in [0.1, 0.15) is 5.75 Å². The van der Waals surface area contributed by atoms with Gasteiger partial charge in [-0.25, -0.2) is 0 Å². The quantitative estimate of drug-likeness (QED) is 0.390. The number of rotatable bonds is 7. The van der Waals surface area contributed by atoms with Crippen LogP contribution in [0.15, 0.2) is 91.0 Å². The van der Waals surface area contributed by atoms with Crippen molar-refractivity contribution in [1.82, 2.24) is 0 Å². The van der Waals surface area contributed by atoms with Gasteiger partial charge in [-0.3, -0.25) is 9.59 Å². The fraction of sp³-hybridized carbons (Fsp3) is 0.172. The number of benzene rings is 4. The van der Waals surface area contributed by atoms with Gasteiger partial charge in [-0.1, -0.05) is 60.7 Å². The van der Waals surface area contributed by atoms with E-state index in [0.717, 1.165) is 16.3 Å². The number of aliphatic hydroxyl groups is 1. The average molecular weight is 452 g/mol. The number of carbonyl (C=O) groups excluding carboxylic acids is 2. The summed E-state index contributed by atoms with van der Waals surface area (Å²) in [6.45, 7) is 2.73. The molecule has 1 N–H and O–H groups in total. The van der Waals surface area contributed by atoms with Crippen molar-refractivity contribution < 1.29 is 19.4 Å². The Hall–Kier alpha value is -3.96. The highest BCUT2D eigenvalue weighted by Gasteiger charge is 2.50. The Morgan fingerprint density at radius 2 is 1.62 bits per heavy atom. The van der Waals surface area contributed by atoms with E-state index in [1.807, 2.05) is 61.5 Å². The number of para-hydroxylation sites is 1. The first-order valence-corrected chi connectivity index (χ1v) is 11.4. The van der Waals surface area contributed by atoms with E-state index in [-0.39, 0.29) is 12.2 Å². The minimum Gasteiger partial charge on any atom is -0.494 e. The van der Waals surface area contributed by atoms with Crippen molar-refractivity contribution in [2.24, 2.45) is 0 Å². The molecule has 0 fully saturated rings. The molecule has 5 nitrogen and oxygen atoms in total. The maximum Gasteiger partial charge on any atom is 0.264 e. The van der Waals surface area contributed by atoms with Crippen LogP contribution in [0.4, 0.5) is 5.69 Å². The first kappa shape index (κ1) is 21.9. The van der Waals surface area contributed by atoms with Gasteiger partial charge < -0.3 is 14.7 Å². The van der Waals surface area contributed by atoms with Crippen LogP contribution in [0, 0.1) is 0 Å². The van der Waals surface area contributed by atoms with E-state index < -0.39 is 11.5 Å². The zero-order valence-corrected chi connectivity index (χ0v) is 18.9. The monoisotopic (exact) mass is 451 g/mol. The van der Waals surface area contributed by atoms with E-state index in [9.17, 15) is 14.7 Å². The molecule has 0 unspecified atom stereocenters. The smallest absolute Gasteiger partial charge is 0.264 e. The van der Waals surface area contributed by atoms with Crippen molar-refractivity contribution >= 4 is 28.2 Å². The lowest BCUT2D eigenvalue weighted by atomic mass is 9.88. The third-order valence-electron chi connectivity index (χ3n) is 6.35. The third kappa shape index (κ3) is 3.74. The molecule has 170 valence electrons. The lowest BCUT2D eigenvalue weighted by molar-refractivity contribution is -0.136. The van der Waals surface area contributed by atoms with Crippen LogP contribution in [0.25, 0.3) is 10.8 Å². The number of carbonyl (C=O) groups is 2. The minimum atomic E-state index is -1.92. The summed E-state index contributed by atoms with van der Waals surface area (Å²) < 4.78 is 5.44. The molecule has 0 bridgehead atoms. The second-order valence-electron chi connectivity index (χ2n) is 8.46. The predicted octanol–water partition coefficient (Wildman–Crippen LogP) is 5.25. The highest BCUT2D eigenvalue weighted by atomic mass is 16.5. The molecule has 5 heteroatoms. The second kappa shape index (κ2) is 8.76. The minimum absolute atomic E-state index is 0.302. The summed E-state index contributed by atoms with van der Waals surface area (Å²) in [5.41, 5.74) is 0.566. The van der Waals surface area contributed by atoms with Gasteiger partial charge in [0, 0.05) is 11.1 Å². The lowest BCUT2D eigenvalue weighted by Gasteiger charge is -2.23. The average Bonchev–Trinajstić information content (AvgIpc) is 3.07. The van der Waals surface area contributed by atoms with Crippen molar-refractivity contribution in [2.75, 3.05) is 11.5 Å². The molecule has 1 amide bonds. The summed E-state index contributed by atoms with van der Waals surface area (Å²) in [6, 6.07) is 27.9. The number of hydrogen-bond donors (Lipinski definition) is 1. The van der Waals surface area contributed by atoms with Crippen molar-refractivity contribution in [3.63, 3.8) is 0 Å². The molecule has 5 rings (SSSR count). The number of Topliss-reactive ketones (excluding diaryl/α,β-unsaturated/α-hetero) is 1. The molecule has 0 saturated carbocycles. The first-order chi connectivity index (χ1) is 16.5. The van der Waals surface area contributed by atoms with Crippen molar-refractivity contribution in [3.8, 4) is 5.75 Å². The van der Waals surface area contributed by atoms with E-state index >= 15 is 0 Å². The Balaban J connectivity index is 1.47. The standard InChI is InChI=1S/C29H25NO4/c1-2-34-23-16-14-21(15-17-23)27(31)18-29(33)25-12-5-6-13-26(25)30(28(29)32)19-22-10-7-9-20-8-3-4-11-24(20)22/h3-17,33H,2,18-19H2,1H3/t29-/m1/s1. The van der Waals surface area contributed by atoms with Crippen LogP contribution in [0.5, 0.6) is 5.75 Å². The molecule has 4 aromatic rings. The van der Waals surface area contributed by atoms with Crippen LogP contribution in [-0.4, -0.2) is 23.4 Å². The maximum atomic E-state index is 13.6. The SMILES string of the molecule is CCOc1ccc(C(=O)C[C@]2(O)C(=O)N(Cc3cccc4ccccc34)c3ccccc32)cc1. The third-order valence-corrected chi connectivity index (χ3v) is 6.35. The van der Waals surface area contributed by atoms with Crippen molar-refractivity contribution in [2.45, 2.75) is 25.5 Å². The highest BCUT2D eigenvalue weighted by Crippen LogP contribution is 2.44. The van der Waals surface area contributed by atoms with Crippen LogP contribution in [-0.2, 0) is 16.9 Å². The van der Waals surface area contributed by atoms with Crippen LogP contribution in [0.3, 0.4) is 0 Å². The summed E-state index contributed by atoms with van der Waals surface area (Å²) in [7, 11) is 0. The van der Waals surface area contributed by atoms with Gasteiger partial charge in [-0.2, -0.15) is 0 Å². The van der Waals surface area contributed by atoms with Crippen LogP contribution >= 0.6 is 0 Å². The summed E-state index contributed by atoms with van der Waals surface area (Å²) >= 11 is 0. The van der Waals surface area contributed by atoms with E-state index in [1.54, 1.807) is 41.3 Å². The molecule has 0 spiro atoms. The zero-order chi connectivity index (χ0) is 23.7. The summed E-state index contributed by atoms with van der Waals surface area (Å²) in [6.07, 6.45) is -0.330. The molecule has 1 atom stereocenters. The molecule has 1 aliphatic heterocycles. The number of amides is 1. The Morgan fingerprint density at radius 3 is 2.41 bits per heavy atom. The largest absolute Gasteiger partial charge is 0.494 e. The Labute approximate surface area is 198 Å². The summed E-state index contributed by atoms with van der Waals surface area (Å²) in [4.78, 5) is 28.3. The van der Waals surface area contributed by atoms with Gasteiger partial charge >= 0.3 is 0 Å². The highest BCUT2D eigenvalue weighted by molar-refractivity contribution is 6.11. The number of nitrogens with zero attached hydrogens (tertiary/aromatic N) is 1. The van der Waals surface area contributed by atoms with E-state index in [2.05, 4.69) is 0 Å². The number of ether oxygens (including phenoxy) is 1. The molecule has 1 aliphatic rings. The molecule has 4 aromatic carbocycles. The van der Waals surface area contributed by atoms with E-state index in [1.165, 1.54) is 0 Å². The molecule has 34 heavy (non-hydrogen) atoms. The normalized spacial score (nSPS) is 17.1. The van der Waals surface area contributed by atoms with Gasteiger partial charge in [0.15, 0.2) is 11.4 Å². The Bertz CT molecular complexity index is 1370. The van der Waals surface area contributed by atoms with Crippen LogP contribution in [0.1, 0.15) is 34.8 Å². The Kier molecular flexibility index (Phi) is 5.64. The van der Waals surface area contributed by atoms with Crippen molar-refractivity contribution in [1.29, 1.82) is 0 Å². The predicted molar refractivity (Wildman–Crippen MR) is 132 cm³/mol. The lowest BCUT2D eigenvalue weighted by Crippen LogP contribution is -2.41. The Morgan fingerprint density at radius 1 is 0.912 bits per heavy atom. The van der Waals surface area contributed by atoms with Gasteiger partial charge in [-0.15, -0.1) is 0 Å². The molecule has 0 aliphatic carbocycles. The van der Waals surface area contributed by atoms with Crippen LogP contribution < -0.4 is 9.64 Å². The molecular formula is C29H25NO4. The van der Waals surface area contributed by atoms with Gasteiger partial charge in [0.2, 0.25) is 0 Å². The van der Waals surface area contributed by atoms with Crippen LogP contribution in [0.2, 0.25) is 0 Å². The molecule has 0 saturated heterocycles. The number of ketones is 1. The topological polar surface area (TPSA) is 66.8 Å². The molecular weight excluding hydrogens is 426 g/mol. The first-order valence-electron chi connectivity index (χ1n) is 11.4. The van der Waals surface area contributed by atoms with E-state index in [4.69, 9.17) is 4.74 Å². The van der Waals surface area contributed by atoms with E-state index in [0.29, 0.717) is 35.7 Å². The van der Waals surface area contributed by atoms with Gasteiger partial charge in [-0.05, 0) is 53.6 Å². The van der Waals surface area contributed by atoms with Crippen molar-refractivity contribution in [3.05, 3.63) is 108 Å². The molecule has 0 aromatic heterocycles. The fourth-order valence-corrected chi connectivity index (χ4v) is 4.67. The molecule has 1 heterocycles. The van der Waals surface area contributed by atoms with Gasteiger partial charge in [0.05, 0.1) is 25.3 Å². The maximum absolute atomic E-state index is 13.6. The summed E-state index contributed by atoms with van der Waals surface area (Å²) in [5.74, 6) is -0.122. The number of hydrogen-bond acceptors (Lipinski definition) is 4. The second-order valence-corrected chi connectivity index (χ2v) is 8.46. The number of fused-ring (bicyclic) bond motifs is 2. The molecule has 0 radical (unpaired) electrons. The van der Waals surface area contributed by atoms with Gasteiger partial charge in [0.25, 0.3) is 5.91 Å². The fourth-order valence-electron chi connectivity index (χ4n) is 4.67.